The van der Waals surface area contributed by atoms with Crippen molar-refractivity contribution in [2.75, 3.05) is 14.7 Å². The number of rotatable bonds is 5. The molecule has 53 heavy (non-hydrogen) atoms. The van der Waals surface area contributed by atoms with Crippen LogP contribution in [0.15, 0.2) is 199 Å². The first-order valence-corrected chi connectivity index (χ1v) is 18.1. The van der Waals surface area contributed by atoms with E-state index in [2.05, 4.69) is 197 Å². The normalized spacial score (nSPS) is 12.8. The van der Waals surface area contributed by atoms with Crippen LogP contribution in [0.5, 0.6) is 0 Å². The van der Waals surface area contributed by atoms with Crippen molar-refractivity contribution in [1.82, 2.24) is 0 Å². The molecule has 0 fully saturated rings. The zero-order valence-electron chi connectivity index (χ0n) is 28.8. The quantitative estimate of drug-likeness (QED) is 0.169. The fourth-order valence-electron chi connectivity index (χ4n) is 8.60. The highest BCUT2D eigenvalue weighted by molar-refractivity contribution is 7.00. The van der Waals surface area contributed by atoms with Gasteiger partial charge in [0.2, 0.25) is 0 Å². The SMILES string of the molecule is c1ccc(N(c2ccc3c(c2)N(c2ccccc2)c2cccc4c2B3c2ccccc2N4c2ccccc2)c2ccc3c(c2)oc2ccccc23)cc1. The van der Waals surface area contributed by atoms with Crippen LogP contribution in [0.3, 0.4) is 0 Å². The van der Waals surface area contributed by atoms with Gasteiger partial charge in [-0.05, 0) is 101 Å². The summed E-state index contributed by atoms with van der Waals surface area (Å²) in [6.45, 7) is 0.0541. The summed E-state index contributed by atoms with van der Waals surface area (Å²) in [5.74, 6) is 0. The molecule has 0 aliphatic carbocycles. The summed E-state index contributed by atoms with van der Waals surface area (Å²) >= 11 is 0. The van der Waals surface area contributed by atoms with Crippen LogP contribution in [0.25, 0.3) is 21.9 Å². The Morgan fingerprint density at radius 1 is 0.377 bits per heavy atom. The monoisotopic (exact) mass is 677 g/mol. The lowest BCUT2D eigenvalue weighted by Gasteiger charge is -2.44. The van der Waals surface area contributed by atoms with Gasteiger partial charge in [-0.2, -0.15) is 0 Å². The molecule has 5 heteroatoms. The molecule has 0 atom stereocenters. The molecule has 0 spiro atoms. The third-order valence-electron chi connectivity index (χ3n) is 10.8. The zero-order chi connectivity index (χ0) is 34.9. The van der Waals surface area contributed by atoms with Crippen molar-refractivity contribution in [3.63, 3.8) is 0 Å². The summed E-state index contributed by atoms with van der Waals surface area (Å²) in [6, 6.07) is 69.7. The number of anilines is 9. The van der Waals surface area contributed by atoms with Crippen molar-refractivity contribution in [3.05, 3.63) is 194 Å². The van der Waals surface area contributed by atoms with Gasteiger partial charge in [0.15, 0.2) is 0 Å². The number of nitrogens with zero attached hydrogens (tertiary/aromatic N) is 3. The average Bonchev–Trinajstić information content (AvgIpc) is 3.60. The predicted octanol–water partition coefficient (Wildman–Crippen LogP) is 11.1. The lowest BCUT2D eigenvalue weighted by Crippen LogP contribution is -2.61. The van der Waals surface area contributed by atoms with Gasteiger partial charge in [-0.3, -0.25) is 0 Å². The van der Waals surface area contributed by atoms with Gasteiger partial charge in [0.1, 0.15) is 11.2 Å². The molecule has 0 saturated carbocycles. The Balaban J connectivity index is 1.15. The van der Waals surface area contributed by atoms with E-state index >= 15 is 0 Å². The molecule has 9 aromatic rings. The summed E-state index contributed by atoms with van der Waals surface area (Å²) in [4.78, 5) is 7.23. The van der Waals surface area contributed by atoms with Gasteiger partial charge in [0.25, 0.3) is 6.71 Å². The second-order valence-electron chi connectivity index (χ2n) is 13.7. The number of furan rings is 1. The maximum Gasteiger partial charge on any atom is 0.252 e. The second kappa shape index (κ2) is 11.8. The Kier molecular flexibility index (Phi) is 6.61. The number of fused-ring (bicyclic) bond motifs is 7. The smallest absolute Gasteiger partial charge is 0.252 e. The molecule has 1 aromatic heterocycles. The topological polar surface area (TPSA) is 22.9 Å². The fourth-order valence-corrected chi connectivity index (χ4v) is 8.60. The van der Waals surface area contributed by atoms with Crippen LogP contribution in [0.1, 0.15) is 0 Å². The fraction of sp³-hybridized carbons (Fsp3) is 0. The van der Waals surface area contributed by atoms with Gasteiger partial charge >= 0.3 is 0 Å². The minimum absolute atomic E-state index is 0.0541. The van der Waals surface area contributed by atoms with Crippen LogP contribution < -0.4 is 31.1 Å². The van der Waals surface area contributed by atoms with Gasteiger partial charge in [-0.15, -0.1) is 0 Å². The van der Waals surface area contributed by atoms with E-state index in [-0.39, 0.29) is 6.71 Å². The van der Waals surface area contributed by atoms with Crippen LogP contribution in [0.4, 0.5) is 51.2 Å². The minimum atomic E-state index is 0.0541. The third kappa shape index (κ3) is 4.57. The van der Waals surface area contributed by atoms with Crippen molar-refractivity contribution >= 4 is 96.2 Å². The molecule has 0 unspecified atom stereocenters. The van der Waals surface area contributed by atoms with Crippen molar-refractivity contribution in [2.45, 2.75) is 0 Å². The van der Waals surface area contributed by atoms with Gasteiger partial charge in [-0.1, -0.05) is 103 Å². The molecule has 11 rings (SSSR count). The van der Waals surface area contributed by atoms with Crippen LogP contribution in [-0.2, 0) is 0 Å². The van der Waals surface area contributed by atoms with Crippen LogP contribution in [0, 0.1) is 0 Å². The molecule has 0 amide bonds. The highest BCUT2D eigenvalue weighted by Gasteiger charge is 2.43. The summed E-state index contributed by atoms with van der Waals surface area (Å²) in [6.07, 6.45) is 0. The molecule has 4 nitrogen and oxygen atoms in total. The molecule has 0 N–H and O–H groups in total. The average molecular weight is 678 g/mol. The molecule has 0 radical (unpaired) electrons. The Morgan fingerprint density at radius 2 is 0.925 bits per heavy atom. The third-order valence-corrected chi connectivity index (χ3v) is 10.8. The Morgan fingerprint density at radius 3 is 1.68 bits per heavy atom. The van der Waals surface area contributed by atoms with Gasteiger partial charge in [0, 0.05) is 68.0 Å². The molecule has 248 valence electrons. The highest BCUT2D eigenvalue weighted by atomic mass is 16.3. The molecule has 0 saturated heterocycles. The molecule has 3 heterocycles. The first-order chi connectivity index (χ1) is 26.3. The van der Waals surface area contributed by atoms with E-state index in [0.29, 0.717) is 0 Å². The summed E-state index contributed by atoms with van der Waals surface area (Å²) in [7, 11) is 0. The Hall–Kier alpha value is -6.98. The van der Waals surface area contributed by atoms with Crippen molar-refractivity contribution < 1.29 is 4.42 Å². The van der Waals surface area contributed by atoms with E-state index in [1.165, 1.54) is 33.5 Å². The van der Waals surface area contributed by atoms with Crippen molar-refractivity contribution in [1.29, 1.82) is 0 Å². The molecule has 8 aromatic carbocycles. The standard InChI is InChI=1S/C48H32BN3O/c1-4-15-33(16-5-1)50(37-27-29-39-38-21-10-13-26-46(38)53-47(39)32-37)36-28-30-41-45(31-36)52(35-19-8-3-9-20-35)44-25-14-24-43-48(44)49(41)40-22-11-12-23-42(40)51(43)34-17-6-2-7-18-34/h1-32H. The van der Waals surface area contributed by atoms with E-state index in [0.717, 1.165) is 56.1 Å². The van der Waals surface area contributed by atoms with Gasteiger partial charge in [-0.25, -0.2) is 0 Å². The number of hydrogen-bond donors (Lipinski definition) is 0. The maximum absolute atomic E-state index is 6.40. The summed E-state index contributed by atoms with van der Waals surface area (Å²) in [5, 5.41) is 2.25. The van der Waals surface area contributed by atoms with Gasteiger partial charge in [0.05, 0.1) is 0 Å². The molecule has 0 bridgehead atoms. The molecule has 2 aliphatic heterocycles. The van der Waals surface area contributed by atoms with Crippen LogP contribution in [0.2, 0.25) is 0 Å². The number of hydrogen-bond acceptors (Lipinski definition) is 4. The van der Waals surface area contributed by atoms with E-state index < -0.39 is 0 Å². The largest absolute Gasteiger partial charge is 0.456 e. The van der Waals surface area contributed by atoms with E-state index in [1.54, 1.807) is 0 Å². The van der Waals surface area contributed by atoms with E-state index in [1.807, 2.05) is 12.1 Å². The van der Waals surface area contributed by atoms with Gasteiger partial charge < -0.3 is 19.1 Å². The lowest BCUT2D eigenvalue weighted by atomic mass is 9.33. The van der Waals surface area contributed by atoms with Crippen molar-refractivity contribution in [3.8, 4) is 0 Å². The molecule has 2 aliphatic rings. The van der Waals surface area contributed by atoms with E-state index in [4.69, 9.17) is 4.42 Å². The number of para-hydroxylation sites is 5. The second-order valence-corrected chi connectivity index (χ2v) is 13.7. The molecular weight excluding hydrogens is 645 g/mol. The summed E-state index contributed by atoms with van der Waals surface area (Å²) < 4.78 is 6.40. The van der Waals surface area contributed by atoms with Crippen LogP contribution in [-0.4, -0.2) is 6.71 Å². The first-order valence-electron chi connectivity index (χ1n) is 18.1. The first kappa shape index (κ1) is 29.7. The highest BCUT2D eigenvalue weighted by Crippen LogP contribution is 2.46. The van der Waals surface area contributed by atoms with E-state index in [9.17, 15) is 0 Å². The Labute approximate surface area is 308 Å². The maximum atomic E-state index is 6.40. The predicted molar refractivity (Wildman–Crippen MR) is 222 cm³/mol. The summed E-state index contributed by atoms with van der Waals surface area (Å²) in [5.41, 5.74) is 15.9. The lowest BCUT2D eigenvalue weighted by molar-refractivity contribution is 0.669. The van der Waals surface area contributed by atoms with Crippen LogP contribution >= 0.6 is 0 Å². The van der Waals surface area contributed by atoms with Crippen molar-refractivity contribution in [2.24, 2.45) is 0 Å². The molecular formula is C48H32BN3O. The minimum Gasteiger partial charge on any atom is -0.456 e. The number of benzene rings is 8. The zero-order valence-corrected chi connectivity index (χ0v) is 28.8. The Bertz CT molecular complexity index is 2820.